The van der Waals surface area contributed by atoms with Crippen molar-refractivity contribution in [1.29, 1.82) is 0 Å². The molecular formula is C22H24Cl2N4O3S. The topological polar surface area (TPSA) is 90.5 Å². The van der Waals surface area contributed by atoms with Crippen LogP contribution in [0.2, 0.25) is 10.0 Å². The maximum Gasteiger partial charge on any atom is 0.253 e. The molecule has 1 fully saturated rings. The normalized spacial score (nSPS) is 13.4. The Morgan fingerprint density at radius 3 is 2.22 bits per heavy atom. The summed E-state index contributed by atoms with van der Waals surface area (Å²) < 4.78 is 0. The van der Waals surface area contributed by atoms with Crippen molar-refractivity contribution in [2.45, 2.75) is 6.54 Å². The van der Waals surface area contributed by atoms with Crippen LogP contribution in [0.3, 0.4) is 0 Å². The number of nitrogens with one attached hydrogen (secondary N) is 3. The van der Waals surface area contributed by atoms with Gasteiger partial charge in [-0.05, 0) is 35.9 Å². The molecule has 0 radical (unpaired) electrons. The molecule has 0 aliphatic carbocycles. The average molecular weight is 495 g/mol. The number of benzene rings is 2. The molecule has 0 saturated carbocycles. The molecule has 7 nitrogen and oxygen atoms in total. The highest BCUT2D eigenvalue weighted by Crippen LogP contribution is 2.21. The van der Waals surface area contributed by atoms with Crippen LogP contribution in [0.15, 0.2) is 42.5 Å². The number of amides is 3. The molecule has 1 heterocycles. The van der Waals surface area contributed by atoms with Gasteiger partial charge in [-0.15, -0.1) is 0 Å². The Morgan fingerprint density at radius 2 is 1.53 bits per heavy atom. The zero-order valence-corrected chi connectivity index (χ0v) is 19.7. The Kier molecular flexibility index (Phi) is 9.08. The summed E-state index contributed by atoms with van der Waals surface area (Å²) in [7, 11) is 0. The summed E-state index contributed by atoms with van der Waals surface area (Å²) in [6, 6.07) is 12.6. The van der Waals surface area contributed by atoms with Gasteiger partial charge in [-0.2, -0.15) is 11.8 Å². The van der Waals surface area contributed by atoms with Gasteiger partial charge >= 0.3 is 0 Å². The number of hydrogen-bond donors (Lipinski definition) is 3. The van der Waals surface area contributed by atoms with E-state index in [9.17, 15) is 14.4 Å². The van der Waals surface area contributed by atoms with E-state index in [1.54, 1.807) is 0 Å². The van der Waals surface area contributed by atoms with Crippen molar-refractivity contribution in [2.24, 2.45) is 0 Å². The van der Waals surface area contributed by atoms with Gasteiger partial charge in [-0.3, -0.25) is 14.4 Å². The average Bonchev–Trinajstić information content (AvgIpc) is 2.80. The minimum atomic E-state index is -0.502. The maximum atomic E-state index is 12.1. The summed E-state index contributed by atoms with van der Waals surface area (Å²) in [6.45, 7) is 2.01. The number of anilines is 1. The van der Waals surface area contributed by atoms with Crippen molar-refractivity contribution in [2.75, 3.05) is 42.6 Å². The minimum absolute atomic E-state index is 0.181. The van der Waals surface area contributed by atoms with Crippen molar-refractivity contribution >= 4 is 58.4 Å². The molecule has 0 atom stereocenters. The Labute approximate surface area is 201 Å². The van der Waals surface area contributed by atoms with Gasteiger partial charge in [0.1, 0.15) is 0 Å². The van der Waals surface area contributed by atoms with Crippen molar-refractivity contribution in [3.8, 4) is 0 Å². The highest BCUT2D eigenvalue weighted by molar-refractivity contribution is 7.99. The van der Waals surface area contributed by atoms with Crippen LogP contribution in [-0.2, 0) is 16.1 Å². The van der Waals surface area contributed by atoms with Gasteiger partial charge in [0.2, 0.25) is 11.8 Å². The number of carbonyl (C=O) groups excluding carboxylic acids is 3. The second kappa shape index (κ2) is 12.0. The van der Waals surface area contributed by atoms with Crippen LogP contribution in [-0.4, -0.2) is 55.4 Å². The first-order chi connectivity index (χ1) is 15.4. The molecule has 2 aromatic rings. The van der Waals surface area contributed by atoms with Crippen LogP contribution in [0, 0.1) is 0 Å². The van der Waals surface area contributed by atoms with E-state index in [-0.39, 0.29) is 29.6 Å². The van der Waals surface area contributed by atoms with E-state index in [2.05, 4.69) is 33.0 Å². The predicted molar refractivity (Wildman–Crippen MR) is 130 cm³/mol. The summed E-state index contributed by atoms with van der Waals surface area (Å²) in [5, 5.41) is 8.30. The van der Waals surface area contributed by atoms with Gasteiger partial charge in [-0.1, -0.05) is 35.3 Å². The molecule has 2 aromatic carbocycles. The highest BCUT2D eigenvalue weighted by atomic mass is 35.5. The lowest BCUT2D eigenvalue weighted by Crippen LogP contribution is -2.41. The summed E-state index contributed by atoms with van der Waals surface area (Å²) in [6.07, 6.45) is 0. The zero-order valence-electron chi connectivity index (χ0n) is 17.3. The van der Waals surface area contributed by atoms with Gasteiger partial charge in [0, 0.05) is 41.8 Å². The third-order valence-electron chi connectivity index (χ3n) is 4.83. The molecule has 0 unspecified atom stereocenters. The number of nitrogens with zero attached hydrogens (tertiary/aromatic N) is 1. The molecule has 1 aliphatic rings. The first-order valence-electron chi connectivity index (χ1n) is 10.1. The second-order valence-electron chi connectivity index (χ2n) is 7.13. The Bertz CT molecular complexity index is 966. The summed E-state index contributed by atoms with van der Waals surface area (Å²) in [5.74, 6) is 0.979. The van der Waals surface area contributed by atoms with Crippen LogP contribution < -0.4 is 20.9 Å². The van der Waals surface area contributed by atoms with E-state index in [1.807, 2.05) is 23.9 Å². The van der Waals surface area contributed by atoms with Crippen molar-refractivity contribution in [3.63, 3.8) is 0 Å². The lowest BCUT2D eigenvalue weighted by Gasteiger charge is -2.28. The number of rotatable bonds is 8. The molecule has 0 bridgehead atoms. The molecule has 170 valence electrons. The third kappa shape index (κ3) is 7.32. The zero-order chi connectivity index (χ0) is 22.9. The third-order valence-corrected chi connectivity index (χ3v) is 6.32. The van der Waals surface area contributed by atoms with Gasteiger partial charge in [0.15, 0.2) is 0 Å². The van der Waals surface area contributed by atoms with E-state index in [0.29, 0.717) is 11.6 Å². The SMILES string of the molecule is O=C(CNC(=O)CNC(=O)c1ccc(Cl)cc1Cl)NCc1ccc(N2CCSCC2)cc1. The van der Waals surface area contributed by atoms with E-state index < -0.39 is 11.8 Å². The van der Waals surface area contributed by atoms with E-state index in [0.717, 1.165) is 30.2 Å². The second-order valence-corrected chi connectivity index (χ2v) is 9.19. The van der Waals surface area contributed by atoms with E-state index in [1.165, 1.54) is 23.9 Å². The monoisotopic (exact) mass is 494 g/mol. The van der Waals surface area contributed by atoms with Gasteiger partial charge in [-0.25, -0.2) is 0 Å². The van der Waals surface area contributed by atoms with E-state index >= 15 is 0 Å². The van der Waals surface area contributed by atoms with Crippen molar-refractivity contribution < 1.29 is 14.4 Å². The van der Waals surface area contributed by atoms with Crippen LogP contribution in [0.5, 0.6) is 0 Å². The molecule has 32 heavy (non-hydrogen) atoms. The van der Waals surface area contributed by atoms with Gasteiger partial charge < -0.3 is 20.9 Å². The largest absolute Gasteiger partial charge is 0.370 e. The van der Waals surface area contributed by atoms with Crippen LogP contribution in [0.4, 0.5) is 5.69 Å². The molecule has 3 N–H and O–H groups in total. The predicted octanol–water partition coefficient (Wildman–Crippen LogP) is 2.71. The molecule has 1 aliphatic heterocycles. The Balaban J connectivity index is 1.35. The first kappa shape index (κ1) is 24.2. The lowest BCUT2D eigenvalue weighted by atomic mass is 10.2. The number of carbonyl (C=O) groups is 3. The van der Waals surface area contributed by atoms with E-state index in [4.69, 9.17) is 23.2 Å². The highest BCUT2D eigenvalue weighted by Gasteiger charge is 2.13. The maximum absolute atomic E-state index is 12.1. The Hall–Kier alpha value is -2.42. The molecule has 3 rings (SSSR count). The van der Waals surface area contributed by atoms with Crippen molar-refractivity contribution in [3.05, 3.63) is 63.6 Å². The fourth-order valence-electron chi connectivity index (χ4n) is 3.08. The van der Waals surface area contributed by atoms with Crippen LogP contribution >= 0.6 is 35.0 Å². The number of hydrogen-bond acceptors (Lipinski definition) is 5. The fraction of sp³-hybridized carbons (Fsp3) is 0.318. The lowest BCUT2D eigenvalue weighted by molar-refractivity contribution is -0.125. The fourth-order valence-corrected chi connectivity index (χ4v) is 4.48. The molecule has 0 spiro atoms. The minimum Gasteiger partial charge on any atom is -0.370 e. The summed E-state index contributed by atoms with van der Waals surface area (Å²) in [4.78, 5) is 38.4. The smallest absolute Gasteiger partial charge is 0.253 e. The standard InChI is InChI=1S/C22H24Cl2N4O3S/c23-16-3-6-18(19(24)11-16)22(31)27-14-21(30)26-13-20(29)25-12-15-1-4-17(5-2-15)28-7-9-32-10-8-28/h1-6,11H,7-10,12-14H2,(H,25,29)(H,26,30)(H,27,31). The number of thioether (sulfide) groups is 1. The van der Waals surface area contributed by atoms with Crippen LogP contribution in [0.25, 0.3) is 0 Å². The van der Waals surface area contributed by atoms with Crippen molar-refractivity contribution in [1.82, 2.24) is 16.0 Å². The molecule has 10 heteroatoms. The molecule has 1 saturated heterocycles. The summed E-state index contributed by atoms with van der Waals surface area (Å²) in [5.41, 5.74) is 2.38. The first-order valence-corrected chi connectivity index (χ1v) is 12.0. The number of halogens is 2. The molecule has 0 aromatic heterocycles. The Morgan fingerprint density at radius 1 is 0.875 bits per heavy atom. The molecule has 3 amide bonds. The van der Waals surface area contributed by atoms with Gasteiger partial charge in [0.05, 0.1) is 23.7 Å². The van der Waals surface area contributed by atoms with Crippen LogP contribution in [0.1, 0.15) is 15.9 Å². The quantitative estimate of drug-likeness (QED) is 0.524. The van der Waals surface area contributed by atoms with Gasteiger partial charge in [0.25, 0.3) is 5.91 Å². The molecular weight excluding hydrogens is 471 g/mol. The summed E-state index contributed by atoms with van der Waals surface area (Å²) >= 11 is 13.7.